The number of carbonyl (C=O) groups excluding carboxylic acids is 2. The Hall–Kier alpha value is -2.10. The quantitative estimate of drug-likeness (QED) is 0.604. The van der Waals surface area contributed by atoms with E-state index in [2.05, 4.69) is 9.47 Å². The molecule has 0 unspecified atom stereocenters. The average molecular weight is 248 g/mol. The lowest BCUT2D eigenvalue weighted by molar-refractivity contribution is -0.156. The number of hydrogen-bond donors (Lipinski definition) is 0. The van der Waals surface area contributed by atoms with Gasteiger partial charge in [-0.2, -0.15) is 0 Å². The van der Waals surface area contributed by atoms with Gasteiger partial charge in [0, 0.05) is 0 Å². The molecule has 0 radical (unpaired) electrons. The zero-order valence-electron chi connectivity index (χ0n) is 10.7. The maximum absolute atomic E-state index is 11.5. The van der Waals surface area contributed by atoms with E-state index < -0.39 is 17.9 Å². The highest BCUT2D eigenvalue weighted by molar-refractivity contribution is 5.98. The second-order valence-corrected chi connectivity index (χ2v) is 3.74. The van der Waals surface area contributed by atoms with Crippen LogP contribution in [0.4, 0.5) is 0 Å². The van der Waals surface area contributed by atoms with Crippen molar-refractivity contribution in [1.82, 2.24) is 0 Å². The highest BCUT2D eigenvalue weighted by Gasteiger charge is 2.26. The van der Waals surface area contributed by atoms with Gasteiger partial charge in [0.1, 0.15) is 0 Å². The molecule has 96 valence electrons. The first kappa shape index (κ1) is 14.0. The first-order valence-corrected chi connectivity index (χ1v) is 5.49. The van der Waals surface area contributed by atoms with Crippen LogP contribution in [0.5, 0.6) is 0 Å². The second kappa shape index (κ2) is 6.59. The van der Waals surface area contributed by atoms with E-state index in [0.717, 1.165) is 11.1 Å². The fourth-order valence-electron chi connectivity index (χ4n) is 1.53. The molecule has 4 heteroatoms. The highest BCUT2D eigenvalue weighted by Crippen LogP contribution is 2.17. The number of esters is 2. The van der Waals surface area contributed by atoms with Crippen molar-refractivity contribution in [2.45, 2.75) is 6.92 Å². The third kappa shape index (κ3) is 3.45. The Morgan fingerprint density at radius 2 is 1.56 bits per heavy atom. The Bertz CT molecular complexity index is 432. The summed E-state index contributed by atoms with van der Waals surface area (Å²) in [6, 6.07) is 9.47. The van der Waals surface area contributed by atoms with Gasteiger partial charge < -0.3 is 9.47 Å². The number of benzene rings is 1. The summed E-state index contributed by atoms with van der Waals surface area (Å²) in [4.78, 5) is 23.0. The van der Waals surface area contributed by atoms with E-state index >= 15 is 0 Å². The SMILES string of the molecule is COC(=O)C(/C=C(\C)c1ccccc1)C(=O)OC. The molecular formula is C14H16O4. The fourth-order valence-corrected chi connectivity index (χ4v) is 1.53. The van der Waals surface area contributed by atoms with Gasteiger partial charge in [-0.25, -0.2) is 0 Å². The Morgan fingerprint density at radius 1 is 1.06 bits per heavy atom. The van der Waals surface area contributed by atoms with Crippen LogP contribution in [0, 0.1) is 5.92 Å². The monoisotopic (exact) mass is 248 g/mol. The van der Waals surface area contributed by atoms with E-state index in [4.69, 9.17) is 0 Å². The molecule has 0 fully saturated rings. The van der Waals surface area contributed by atoms with Crippen molar-refractivity contribution in [1.29, 1.82) is 0 Å². The van der Waals surface area contributed by atoms with Crippen LogP contribution in [0.15, 0.2) is 36.4 Å². The number of rotatable bonds is 4. The summed E-state index contributed by atoms with van der Waals surface area (Å²) in [5.41, 5.74) is 1.76. The van der Waals surface area contributed by atoms with Gasteiger partial charge in [0.05, 0.1) is 14.2 Å². The van der Waals surface area contributed by atoms with Crippen molar-refractivity contribution >= 4 is 17.5 Å². The molecule has 1 aromatic rings. The van der Waals surface area contributed by atoms with Gasteiger partial charge in [-0.1, -0.05) is 36.4 Å². The largest absolute Gasteiger partial charge is 0.468 e. The van der Waals surface area contributed by atoms with Gasteiger partial charge >= 0.3 is 11.9 Å². The molecule has 0 aliphatic carbocycles. The molecule has 1 aromatic carbocycles. The maximum atomic E-state index is 11.5. The summed E-state index contributed by atoms with van der Waals surface area (Å²) in [7, 11) is 2.48. The molecule has 0 N–H and O–H groups in total. The molecule has 1 rings (SSSR count). The van der Waals surface area contributed by atoms with Crippen LogP contribution in [0.2, 0.25) is 0 Å². The second-order valence-electron chi connectivity index (χ2n) is 3.74. The molecule has 0 saturated carbocycles. The minimum Gasteiger partial charge on any atom is -0.468 e. The number of ether oxygens (including phenoxy) is 2. The number of carbonyl (C=O) groups is 2. The van der Waals surface area contributed by atoms with E-state index in [-0.39, 0.29) is 0 Å². The third-order valence-corrected chi connectivity index (χ3v) is 2.56. The van der Waals surface area contributed by atoms with Gasteiger partial charge in [-0.3, -0.25) is 9.59 Å². The van der Waals surface area contributed by atoms with Gasteiger partial charge in [0.25, 0.3) is 0 Å². The van der Waals surface area contributed by atoms with E-state index in [9.17, 15) is 9.59 Å². The lowest BCUT2D eigenvalue weighted by atomic mass is 10.0. The molecule has 0 heterocycles. The predicted molar refractivity (Wildman–Crippen MR) is 67.6 cm³/mol. The number of allylic oxidation sites excluding steroid dienone is 1. The average Bonchev–Trinajstić information content (AvgIpc) is 2.43. The van der Waals surface area contributed by atoms with Crippen LogP contribution in [0.1, 0.15) is 12.5 Å². The van der Waals surface area contributed by atoms with Crippen molar-refractivity contribution in [3.8, 4) is 0 Å². The molecular weight excluding hydrogens is 232 g/mol. The Morgan fingerprint density at radius 3 is 2.00 bits per heavy atom. The summed E-state index contributed by atoms with van der Waals surface area (Å²) in [6.45, 7) is 1.83. The summed E-state index contributed by atoms with van der Waals surface area (Å²) < 4.78 is 9.18. The van der Waals surface area contributed by atoms with Gasteiger partial charge in [0.15, 0.2) is 5.92 Å². The molecule has 0 atom stereocenters. The van der Waals surface area contributed by atoms with E-state index in [1.165, 1.54) is 14.2 Å². The zero-order valence-corrected chi connectivity index (χ0v) is 10.7. The molecule has 0 saturated heterocycles. The van der Waals surface area contributed by atoms with Crippen molar-refractivity contribution < 1.29 is 19.1 Å². The fraction of sp³-hybridized carbons (Fsp3) is 0.286. The molecule has 0 aliphatic rings. The van der Waals surface area contributed by atoms with Crippen molar-refractivity contribution in [2.75, 3.05) is 14.2 Å². The zero-order chi connectivity index (χ0) is 13.5. The third-order valence-electron chi connectivity index (χ3n) is 2.56. The lowest BCUT2D eigenvalue weighted by Crippen LogP contribution is -2.24. The smallest absolute Gasteiger partial charge is 0.324 e. The maximum Gasteiger partial charge on any atom is 0.324 e. The molecule has 18 heavy (non-hydrogen) atoms. The van der Waals surface area contributed by atoms with Crippen LogP contribution in [-0.4, -0.2) is 26.2 Å². The van der Waals surface area contributed by atoms with Crippen LogP contribution >= 0.6 is 0 Å². The summed E-state index contributed by atoms with van der Waals surface area (Å²) in [6.07, 6.45) is 1.55. The summed E-state index contributed by atoms with van der Waals surface area (Å²) >= 11 is 0. The highest BCUT2D eigenvalue weighted by atomic mass is 16.5. The van der Waals surface area contributed by atoms with Crippen LogP contribution in [0.25, 0.3) is 5.57 Å². The molecule has 4 nitrogen and oxygen atoms in total. The standard InChI is InChI=1S/C14H16O4/c1-10(11-7-5-4-6-8-11)9-12(13(15)17-2)14(16)18-3/h4-9,12H,1-3H3/b10-9+. The first-order valence-electron chi connectivity index (χ1n) is 5.49. The number of methoxy groups -OCH3 is 2. The molecule has 0 spiro atoms. The first-order chi connectivity index (χ1) is 8.60. The van der Waals surface area contributed by atoms with Gasteiger partial charge in [-0.05, 0) is 18.1 Å². The molecule has 0 aromatic heterocycles. The Kier molecular flexibility index (Phi) is 5.11. The summed E-state index contributed by atoms with van der Waals surface area (Å²) in [5.74, 6) is -2.28. The molecule has 0 aliphatic heterocycles. The van der Waals surface area contributed by atoms with E-state index in [0.29, 0.717) is 0 Å². The topological polar surface area (TPSA) is 52.6 Å². The lowest BCUT2D eigenvalue weighted by Gasteiger charge is -2.10. The Balaban J connectivity index is 3.01. The molecule has 0 amide bonds. The van der Waals surface area contributed by atoms with Crippen molar-refractivity contribution in [3.63, 3.8) is 0 Å². The van der Waals surface area contributed by atoms with Gasteiger partial charge in [-0.15, -0.1) is 0 Å². The summed E-state index contributed by atoms with van der Waals surface area (Å²) in [5, 5.41) is 0. The van der Waals surface area contributed by atoms with E-state index in [1.54, 1.807) is 6.08 Å². The normalized spacial score (nSPS) is 11.2. The van der Waals surface area contributed by atoms with Crippen LogP contribution in [-0.2, 0) is 19.1 Å². The van der Waals surface area contributed by atoms with Crippen LogP contribution < -0.4 is 0 Å². The Labute approximate surface area is 106 Å². The van der Waals surface area contributed by atoms with Crippen molar-refractivity contribution in [3.05, 3.63) is 42.0 Å². The predicted octanol–water partition coefficient (Wildman–Crippen LogP) is 2.05. The van der Waals surface area contributed by atoms with E-state index in [1.807, 2.05) is 37.3 Å². The number of hydrogen-bond acceptors (Lipinski definition) is 4. The van der Waals surface area contributed by atoms with Crippen molar-refractivity contribution in [2.24, 2.45) is 5.92 Å². The minimum absolute atomic E-state index is 0.628. The van der Waals surface area contributed by atoms with Crippen LogP contribution in [0.3, 0.4) is 0 Å². The minimum atomic E-state index is -1.03. The molecule has 0 bridgehead atoms. The van der Waals surface area contributed by atoms with Gasteiger partial charge in [0.2, 0.25) is 0 Å².